The van der Waals surface area contributed by atoms with Crippen molar-refractivity contribution in [3.05, 3.63) is 34.9 Å². The molecular weight excluding hydrogens is 196 g/mol. The van der Waals surface area contributed by atoms with Crippen molar-refractivity contribution in [2.45, 2.75) is 46.5 Å². The number of hydrogen-bond donors (Lipinski definition) is 0. The van der Waals surface area contributed by atoms with E-state index in [0.29, 0.717) is 5.92 Å². The molecule has 0 saturated heterocycles. The van der Waals surface area contributed by atoms with Gasteiger partial charge in [0, 0.05) is 0 Å². The molecule has 1 heteroatoms. The first-order chi connectivity index (χ1) is 7.63. The minimum absolute atomic E-state index is 0.639. The lowest BCUT2D eigenvalue weighted by atomic mass is 9.88. The molecule has 0 amide bonds. The molecule has 0 spiro atoms. The van der Waals surface area contributed by atoms with Crippen molar-refractivity contribution in [3.8, 4) is 0 Å². The van der Waals surface area contributed by atoms with E-state index < -0.39 is 0 Å². The Labute approximate surface area is 98.9 Å². The Hall–Kier alpha value is -1.11. The van der Waals surface area contributed by atoms with Gasteiger partial charge in [0.05, 0.1) is 0 Å². The minimum Gasteiger partial charge on any atom is -0.298 e. The third-order valence-electron chi connectivity index (χ3n) is 3.15. The van der Waals surface area contributed by atoms with Crippen LogP contribution >= 0.6 is 0 Å². The predicted octanol–water partition coefficient (Wildman–Crippen LogP) is 4.21. The lowest BCUT2D eigenvalue weighted by Crippen LogP contribution is -2.03. The molecule has 0 heterocycles. The summed E-state index contributed by atoms with van der Waals surface area (Å²) in [6, 6.07) is 0. The molecule has 16 heavy (non-hydrogen) atoms. The number of hydrogen-bond acceptors (Lipinski definition) is 1. The molecule has 1 atom stereocenters. The Morgan fingerprint density at radius 2 is 2.12 bits per heavy atom. The van der Waals surface area contributed by atoms with Gasteiger partial charge in [-0.15, -0.1) is 0 Å². The molecule has 0 aliphatic heterocycles. The molecular formula is C15H22O. The van der Waals surface area contributed by atoms with Crippen LogP contribution in [0.4, 0.5) is 0 Å². The summed E-state index contributed by atoms with van der Waals surface area (Å²) in [6.07, 6.45) is 11.7. The maximum atomic E-state index is 10.6. The van der Waals surface area contributed by atoms with Crippen LogP contribution in [0.2, 0.25) is 0 Å². The first-order valence-corrected chi connectivity index (χ1v) is 6.11. The first kappa shape index (κ1) is 13.0. The maximum absolute atomic E-state index is 10.6. The second kappa shape index (κ2) is 6.47. The van der Waals surface area contributed by atoms with Crippen LogP contribution in [-0.2, 0) is 4.79 Å². The Morgan fingerprint density at radius 3 is 2.62 bits per heavy atom. The summed E-state index contributed by atoms with van der Waals surface area (Å²) in [5, 5.41) is 0. The molecule has 0 aromatic rings. The van der Waals surface area contributed by atoms with Crippen LogP contribution in [0, 0.1) is 5.92 Å². The van der Waals surface area contributed by atoms with Crippen LogP contribution in [0.15, 0.2) is 34.9 Å². The molecule has 1 rings (SSSR count). The van der Waals surface area contributed by atoms with Gasteiger partial charge in [0.25, 0.3) is 0 Å². The van der Waals surface area contributed by atoms with Crippen molar-refractivity contribution in [1.29, 1.82) is 0 Å². The van der Waals surface area contributed by atoms with E-state index in [1.165, 1.54) is 17.6 Å². The quantitative estimate of drug-likeness (QED) is 0.499. The highest BCUT2D eigenvalue weighted by molar-refractivity contribution is 5.74. The van der Waals surface area contributed by atoms with Crippen LogP contribution in [-0.4, -0.2) is 6.29 Å². The van der Waals surface area contributed by atoms with Gasteiger partial charge in [0.1, 0.15) is 6.29 Å². The molecule has 1 nitrogen and oxygen atoms in total. The summed E-state index contributed by atoms with van der Waals surface area (Å²) in [6.45, 7) is 6.57. The van der Waals surface area contributed by atoms with Gasteiger partial charge in [-0.1, -0.05) is 36.3 Å². The van der Waals surface area contributed by atoms with E-state index in [-0.39, 0.29) is 0 Å². The summed E-state index contributed by atoms with van der Waals surface area (Å²) in [7, 11) is 0. The lowest BCUT2D eigenvalue weighted by Gasteiger charge is -2.18. The predicted molar refractivity (Wildman–Crippen MR) is 69.3 cm³/mol. The summed E-state index contributed by atoms with van der Waals surface area (Å²) < 4.78 is 0. The molecule has 0 N–H and O–H groups in total. The Balaban J connectivity index is 2.46. The summed E-state index contributed by atoms with van der Waals surface area (Å²) in [4.78, 5) is 10.6. The van der Waals surface area contributed by atoms with E-state index in [9.17, 15) is 4.79 Å². The van der Waals surface area contributed by atoms with Gasteiger partial charge in [0.2, 0.25) is 0 Å². The molecule has 0 aromatic carbocycles. The highest BCUT2D eigenvalue weighted by Gasteiger charge is 2.11. The van der Waals surface area contributed by atoms with Crippen LogP contribution < -0.4 is 0 Å². The minimum atomic E-state index is 0.639. The molecule has 0 saturated carbocycles. The SMILES string of the molecule is CC(C)=CCC[C@H](C)C1=CC=C(C=O)CC1. The van der Waals surface area contributed by atoms with Crippen molar-refractivity contribution in [1.82, 2.24) is 0 Å². The summed E-state index contributed by atoms with van der Waals surface area (Å²) in [5.74, 6) is 0.639. The van der Waals surface area contributed by atoms with Crippen LogP contribution in [0.25, 0.3) is 0 Å². The molecule has 0 radical (unpaired) electrons. The Kier molecular flexibility index (Phi) is 5.24. The summed E-state index contributed by atoms with van der Waals surface area (Å²) >= 11 is 0. The van der Waals surface area contributed by atoms with Gasteiger partial charge in [-0.25, -0.2) is 0 Å². The number of allylic oxidation sites excluding steroid dienone is 6. The van der Waals surface area contributed by atoms with Crippen molar-refractivity contribution in [3.63, 3.8) is 0 Å². The lowest BCUT2D eigenvalue weighted by molar-refractivity contribution is -0.105. The van der Waals surface area contributed by atoms with E-state index in [4.69, 9.17) is 0 Å². The van der Waals surface area contributed by atoms with E-state index >= 15 is 0 Å². The van der Waals surface area contributed by atoms with Gasteiger partial charge in [-0.2, -0.15) is 0 Å². The third kappa shape index (κ3) is 4.18. The smallest absolute Gasteiger partial charge is 0.146 e. The molecule has 0 bridgehead atoms. The second-order valence-corrected chi connectivity index (χ2v) is 4.86. The van der Waals surface area contributed by atoms with Gasteiger partial charge in [0.15, 0.2) is 0 Å². The largest absolute Gasteiger partial charge is 0.298 e. The van der Waals surface area contributed by atoms with Gasteiger partial charge < -0.3 is 0 Å². The normalized spacial score (nSPS) is 17.2. The van der Waals surface area contributed by atoms with Crippen molar-refractivity contribution < 1.29 is 4.79 Å². The highest BCUT2D eigenvalue weighted by atomic mass is 16.1. The molecule has 1 aliphatic rings. The highest BCUT2D eigenvalue weighted by Crippen LogP contribution is 2.26. The molecule has 0 fully saturated rings. The molecule has 0 aromatic heterocycles. The average Bonchev–Trinajstić information content (AvgIpc) is 2.28. The zero-order valence-electron chi connectivity index (χ0n) is 10.6. The van der Waals surface area contributed by atoms with E-state index in [0.717, 1.165) is 31.1 Å². The number of rotatable bonds is 5. The maximum Gasteiger partial charge on any atom is 0.146 e. The Bertz CT molecular complexity index is 327. The van der Waals surface area contributed by atoms with Gasteiger partial charge in [-0.05, 0) is 51.0 Å². The monoisotopic (exact) mass is 218 g/mol. The van der Waals surface area contributed by atoms with Crippen LogP contribution in [0.5, 0.6) is 0 Å². The number of carbonyl (C=O) groups excluding carboxylic acids is 1. The average molecular weight is 218 g/mol. The fourth-order valence-corrected chi connectivity index (χ4v) is 1.99. The van der Waals surface area contributed by atoms with E-state index in [1.54, 1.807) is 0 Å². The van der Waals surface area contributed by atoms with Crippen molar-refractivity contribution in [2.75, 3.05) is 0 Å². The third-order valence-corrected chi connectivity index (χ3v) is 3.15. The second-order valence-electron chi connectivity index (χ2n) is 4.86. The topological polar surface area (TPSA) is 17.1 Å². The van der Waals surface area contributed by atoms with Crippen LogP contribution in [0.1, 0.15) is 46.5 Å². The van der Waals surface area contributed by atoms with Gasteiger partial charge >= 0.3 is 0 Å². The molecule has 1 aliphatic carbocycles. The number of aldehydes is 1. The zero-order valence-corrected chi connectivity index (χ0v) is 10.6. The van der Waals surface area contributed by atoms with Crippen LogP contribution in [0.3, 0.4) is 0 Å². The molecule has 88 valence electrons. The fraction of sp³-hybridized carbons (Fsp3) is 0.533. The zero-order chi connectivity index (χ0) is 12.0. The standard InChI is InChI=1S/C15H22O/c1-12(2)5-4-6-13(3)15-9-7-14(11-16)8-10-15/h5,7,9,11,13H,4,6,8,10H2,1-3H3/t13-/m0/s1. The first-order valence-electron chi connectivity index (χ1n) is 6.11. The van der Waals surface area contributed by atoms with Crippen molar-refractivity contribution in [2.24, 2.45) is 5.92 Å². The van der Waals surface area contributed by atoms with Crippen molar-refractivity contribution >= 4 is 6.29 Å². The Morgan fingerprint density at radius 1 is 1.38 bits per heavy atom. The number of carbonyl (C=O) groups is 1. The molecule has 0 unspecified atom stereocenters. The van der Waals surface area contributed by atoms with Gasteiger partial charge in [-0.3, -0.25) is 4.79 Å². The summed E-state index contributed by atoms with van der Waals surface area (Å²) in [5.41, 5.74) is 3.82. The fourth-order valence-electron chi connectivity index (χ4n) is 1.99. The van der Waals surface area contributed by atoms with E-state index in [2.05, 4.69) is 32.9 Å². The van der Waals surface area contributed by atoms with E-state index in [1.807, 2.05) is 6.08 Å².